The molecule has 0 bridgehead atoms. The fourth-order valence-corrected chi connectivity index (χ4v) is 6.27. The van der Waals surface area contributed by atoms with E-state index in [4.69, 9.17) is 4.74 Å². The van der Waals surface area contributed by atoms with E-state index in [1.165, 1.54) is 10.5 Å². The van der Waals surface area contributed by atoms with E-state index in [9.17, 15) is 19.8 Å². The number of hydrogen-bond acceptors (Lipinski definition) is 5. The van der Waals surface area contributed by atoms with Gasteiger partial charge < -0.3 is 14.9 Å². The molecule has 0 saturated carbocycles. The van der Waals surface area contributed by atoms with E-state index >= 15 is 0 Å². The van der Waals surface area contributed by atoms with Gasteiger partial charge >= 0.3 is 0 Å². The average Bonchev–Trinajstić information content (AvgIpc) is 3.34. The zero-order chi connectivity index (χ0) is 24.4. The molecule has 4 atom stereocenters. The van der Waals surface area contributed by atoms with E-state index in [1.807, 2.05) is 19.1 Å². The number of hydrogen-bond donors (Lipinski definition) is 2. The quantitative estimate of drug-likeness (QED) is 0.351. The molecule has 34 heavy (non-hydrogen) atoms. The van der Waals surface area contributed by atoms with Gasteiger partial charge in [0.15, 0.2) is 0 Å². The van der Waals surface area contributed by atoms with E-state index < -0.39 is 0 Å². The van der Waals surface area contributed by atoms with Crippen LogP contribution in [0.25, 0.3) is 6.08 Å². The Bertz CT molecular complexity index is 1020. The molecular formula is C27H34BrNO5. The van der Waals surface area contributed by atoms with Crippen LogP contribution in [-0.4, -0.2) is 52.8 Å². The van der Waals surface area contributed by atoms with Crippen LogP contribution in [0.5, 0.6) is 5.75 Å². The van der Waals surface area contributed by atoms with Gasteiger partial charge in [0.25, 0.3) is 0 Å². The molecule has 2 N–H and O–H groups in total. The van der Waals surface area contributed by atoms with Crippen LogP contribution in [-0.2, 0) is 14.3 Å². The number of likely N-dealkylation sites (tertiary alicyclic amines) is 1. The molecule has 1 aliphatic carbocycles. The lowest BCUT2D eigenvalue weighted by Gasteiger charge is -2.31. The molecule has 2 aliphatic heterocycles. The molecule has 0 aromatic heterocycles. The summed E-state index contributed by atoms with van der Waals surface area (Å²) in [4.78, 5) is 27.5. The Morgan fingerprint density at radius 2 is 1.97 bits per heavy atom. The summed E-state index contributed by atoms with van der Waals surface area (Å²) >= 11 is 3.47. The number of aliphatic hydroxyl groups is 1. The van der Waals surface area contributed by atoms with Crippen LogP contribution in [0.1, 0.15) is 57.9 Å². The SMILES string of the molecule is CCC/C(=C\c1cc(Br)ccc1O)CC[C@H]1OC[C@H]2C1=C(CO)C[C@H]1C(=O)N(CCC)C(=O)[C@H]12. The van der Waals surface area contributed by atoms with Crippen molar-refractivity contribution < 1.29 is 24.5 Å². The maximum absolute atomic E-state index is 13.1. The summed E-state index contributed by atoms with van der Waals surface area (Å²) in [6.45, 7) is 4.88. The smallest absolute Gasteiger partial charge is 0.233 e. The highest BCUT2D eigenvalue weighted by Gasteiger charge is 2.56. The molecule has 6 nitrogen and oxygen atoms in total. The largest absolute Gasteiger partial charge is 0.507 e. The number of imide groups is 1. The summed E-state index contributed by atoms with van der Waals surface area (Å²) in [5, 5.41) is 20.4. The van der Waals surface area contributed by atoms with Crippen molar-refractivity contribution in [3.05, 3.63) is 45.0 Å². The van der Waals surface area contributed by atoms with Gasteiger partial charge in [-0.3, -0.25) is 14.5 Å². The number of carbonyl (C=O) groups excluding carboxylic acids is 2. The number of nitrogens with zero attached hydrogens (tertiary/aromatic N) is 1. The summed E-state index contributed by atoms with van der Waals surface area (Å²) < 4.78 is 7.12. The molecule has 0 radical (unpaired) electrons. The second-order valence-corrected chi connectivity index (χ2v) is 10.5. The van der Waals surface area contributed by atoms with Crippen molar-refractivity contribution in [1.82, 2.24) is 4.90 Å². The summed E-state index contributed by atoms with van der Waals surface area (Å²) in [7, 11) is 0. The van der Waals surface area contributed by atoms with Gasteiger partial charge in [0.2, 0.25) is 11.8 Å². The normalized spacial score (nSPS) is 26.9. The molecular weight excluding hydrogens is 498 g/mol. The number of aliphatic hydroxyl groups excluding tert-OH is 1. The Morgan fingerprint density at radius 1 is 1.18 bits per heavy atom. The summed E-state index contributed by atoms with van der Waals surface area (Å²) in [6, 6.07) is 5.41. The number of rotatable bonds is 9. The minimum atomic E-state index is -0.368. The van der Waals surface area contributed by atoms with E-state index in [-0.39, 0.29) is 48.0 Å². The molecule has 0 unspecified atom stereocenters. The summed E-state index contributed by atoms with van der Waals surface area (Å²) in [6.07, 6.45) is 6.53. The van der Waals surface area contributed by atoms with Crippen molar-refractivity contribution in [3.8, 4) is 5.75 Å². The zero-order valence-corrected chi connectivity index (χ0v) is 21.5. The fraction of sp³-hybridized carbons (Fsp3) is 0.556. The third-order valence-electron chi connectivity index (χ3n) is 7.39. The average molecular weight is 532 g/mol. The molecule has 184 valence electrons. The lowest BCUT2D eigenvalue weighted by molar-refractivity contribution is -0.140. The molecule has 2 amide bonds. The van der Waals surface area contributed by atoms with Crippen molar-refractivity contribution in [1.29, 1.82) is 0 Å². The van der Waals surface area contributed by atoms with Crippen LogP contribution < -0.4 is 0 Å². The predicted octanol–water partition coefficient (Wildman–Crippen LogP) is 4.84. The highest BCUT2D eigenvalue weighted by Crippen LogP contribution is 2.49. The molecule has 2 fully saturated rings. The van der Waals surface area contributed by atoms with Gasteiger partial charge in [-0.05, 0) is 61.4 Å². The van der Waals surface area contributed by atoms with Crippen molar-refractivity contribution in [3.63, 3.8) is 0 Å². The van der Waals surface area contributed by atoms with Crippen LogP contribution in [0.3, 0.4) is 0 Å². The van der Waals surface area contributed by atoms with Gasteiger partial charge in [0.1, 0.15) is 5.75 Å². The topological polar surface area (TPSA) is 87.1 Å². The van der Waals surface area contributed by atoms with Crippen LogP contribution in [0.4, 0.5) is 0 Å². The van der Waals surface area contributed by atoms with Crippen LogP contribution >= 0.6 is 15.9 Å². The number of benzene rings is 1. The van der Waals surface area contributed by atoms with E-state index in [0.29, 0.717) is 19.6 Å². The number of phenolic OH excluding ortho intramolecular Hbond substituents is 1. The van der Waals surface area contributed by atoms with Crippen LogP contribution in [0, 0.1) is 17.8 Å². The Balaban J connectivity index is 1.54. The number of ether oxygens (including phenoxy) is 1. The van der Waals surface area contributed by atoms with Gasteiger partial charge in [-0.2, -0.15) is 0 Å². The van der Waals surface area contributed by atoms with Gasteiger partial charge in [0.05, 0.1) is 31.2 Å². The molecule has 1 aromatic carbocycles. The maximum Gasteiger partial charge on any atom is 0.233 e. The maximum atomic E-state index is 13.1. The summed E-state index contributed by atoms with van der Waals surface area (Å²) in [5.74, 6) is -0.772. The standard InChI is InChI=1S/C27H34BrNO5/c1-3-5-16(11-17-12-19(28)7-8-22(17)31)6-9-23-24-18(14-30)13-20-25(21(24)15-34-23)27(33)29(10-4-2)26(20)32/h7-8,11-12,20-21,23,25,30-31H,3-6,9-10,13-15H2,1-2H3/b16-11+/t20-,21+,23-,25-/m1/s1. The predicted molar refractivity (Wildman–Crippen MR) is 134 cm³/mol. The lowest BCUT2D eigenvalue weighted by Crippen LogP contribution is -2.35. The third kappa shape index (κ3) is 4.75. The number of carbonyl (C=O) groups is 2. The first-order valence-corrected chi connectivity index (χ1v) is 13.2. The molecule has 2 saturated heterocycles. The van der Waals surface area contributed by atoms with E-state index in [2.05, 4.69) is 28.9 Å². The van der Waals surface area contributed by atoms with E-state index in [0.717, 1.165) is 53.3 Å². The number of amides is 2. The Kier molecular flexibility index (Phi) is 7.95. The number of fused-ring (bicyclic) bond motifs is 3. The number of aromatic hydroxyl groups is 1. The Labute approximate surface area is 209 Å². The van der Waals surface area contributed by atoms with E-state index in [1.54, 1.807) is 6.07 Å². The third-order valence-corrected chi connectivity index (χ3v) is 7.88. The van der Waals surface area contributed by atoms with Crippen molar-refractivity contribution in [2.75, 3.05) is 19.8 Å². The first-order valence-electron chi connectivity index (χ1n) is 12.4. The van der Waals surface area contributed by atoms with Crippen molar-refractivity contribution in [2.24, 2.45) is 17.8 Å². The molecule has 7 heteroatoms. The number of halogens is 1. The number of allylic oxidation sites excluding steroid dienone is 1. The van der Waals surface area contributed by atoms with Gasteiger partial charge in [-0.25, -0.2) is 0 Å². The fourth-order valence-electron chi connectivity index (χ4n) is 5.90. The van der Waals surface area contributed by atoms with Gasteiger partial charge in [-0.15, -0.1) is 0 Å². The Hall–Kier alpha value is -1.96. The van der Waals surface area contributed by atoms with Gasteiger partial charge in [-0.1, -0.05) is 47.8 Å². The van der Waals surface area contributed by atoms with Crippen LogP contribution in [0.2, 0.25) is 0 Å². The molecule has 1 aromatic rings. The van der Waals surface area contributed by atoms with Crippen LogP contribution in [0.15, 0.2) is 39.4 Å². The molecule has 3 aliphatic rings. The van der Waals surface area contributed by atoms with Crippen molar-refractivity contribution >= 4 is 33.8 Å². The molecule has 0 spiro atoms. The Morgan fingerprint density at radius 3 is 2.68 bits per heavy atom. The second kappa shape index (κ2) is 10.8. The first kappa shape index (κ1) is 25.1. The summed E-state index contributed by atoms with van der Waals surface area (Å²) in [5.41, 5.74) is 3.93. The number of phenols is 1. The lowest BCUT2D eigenvalue weighted by atomic mass is 9.69. The minimum absolute atomic E-state index is 0.0720. The highest BCUT2D eigenvalue weighted by molar-refractivity contribution is 9.10. The first-order chi connectivity index (χ1) is 16.4. The van der Waals surface area contributed by atoms with Gasteiger partial charge in [0, 0.05) is 22.5 Å². The van der Waals surface area contributed by atoms with Crippen molar-refractivity contribution in [2.45, 2.75) is 58.5 Å². The minimum Gasteiger partial charge on any atom is -0.507 e. The monoisotopic (exact) mass is 531 g/mol. The molecule has 4 rings (SSSR count). The zero-order valence-electron chi connectivity index (χ0n) is 19.9. The second-order valence-electron chi connectivity index (χ2n) is 9.60. The molecule has 2 heterocycles. The highest BCUT2D eigenvalue weighted by atomic mass is 79.9.